The number of likely N-dealkylation sites (tertiary alicyclic amines) is 1. The lowest BCUT2D eigenvalue weighted by molar-refractivity contribution is 0.0839. The molecule has 188 valence electrons. The molecule has 4 heteroatoms. The van der Waals surface area contributed by atoms with Crippen molar-refractivity contribution in [1.29, 1.82) is 0 Å². The summed E-state index contributed by atoms with van der Waals surface area (Å²) < 4.78 is 5.62. The normalized spacial score (nSPS) is 14.3. The third kappa shape index (κ3) is 6.29. The van der Waals surface area contributed by atoms with Crippen LogP contribution in [0.25, 0.3) is 0 Å². The number of ether oxygens (including phenoxy) is 1. The Morgan fingerprint density at radius 3 is 1.65 bits per heavy atom. The molecule has 0 bridgehead atoms. The molecule has 1 heterocycles. The zero-order valence-electron chi connectivity index (χ0n) is 21.3. The first kappa shape index (κ1) is 25.2. The summed E-state index contributed by atoms with van der Waals surface area (Å²) in [6, 6.07) is 43.1. The fourth-order valence-electron chi connectivity index (χ4n) is 5.48. The van der Waals surface area contributed by atoms with Gasteiger partial charge in [0.15, 0.2) is 0 Å². The van der Waals surface area contributed by atoms with Crippen LogP contribution in [-0.4, -0.2) is 30.2 Å². The van der Waals surface area contributed by atoms with Crippen molar-refractivity contribution >= 4 is 24.0 Å². The van der Waals surface area contributed by atoms with Gasteiger partial charge in [-0.3, -0.25) is 0 Å². The summed E-state index contributed by atoms with van der Waals surface area (Å²) in [5.74, 6) is 0.565. The zero-order chi connectivity index (χ0) is 25.3. The fraction of sp³-hybridized carbons (Fsp3) is 0.242. The molecular weight excluding hydrogens is 473 g/mol. The fourth-order valence-corrected chi connectivity index (χ4v) is 10.3. The summed E-state index contributed by atoms with van der Waals surface area (Å²) in [7, 11) is -1.72. The Labute approximate surface area is 221 Å². The Hall–Kier alpha value is -3.42. The van der Waals surface area contributed by atoms with E-state index in [0.717, 1.165) is 43.8 Å². The van der Waals surface area contributed by atoms with Crippen LogP contribution in [0.4, 0.5) is 4.79 Å². The van der Waals surface area contributed by atoms with Crippen LogP contribution < -0.4 is 10.6 Å². The number of piperidine rings is 1. The van der Waals surface area contributed by atoms with Crippen LogP contribution in [-0.2, 0) is 17.5 Å². The van der Waals surface area contributed by atoms with E-state index in [-0.39, 0.29) is 6.09 Å². The van der Waals surface area contributed by atoms with Crippen molar-refractivity contribution in [3.63, 3.8) is 0 Å². The molecule has 1 saturated heterocycles. The highest BCUT2D eigenvalue weighted by atomic mass is 31.2. The Kier molecular flexibility index (Phi) is 8.33. The molecule has 0 saturated carbocycles. The van der Waals surface area contributed by atoms with Crippen LogP contribution in [0.3, 0.4) is 0 Å². The first-order chi connectivity index (χ1) is 18.2. The average molecular weight is 509 g/mol. The van der Waals surface area contributed by atoms with E-state index >= 15 is 0 Å². The maximum absolute atomic E-state index is 12.8. The molecular formula is C33H35NO2P+. The molecule has 37 heavy (non-hydrogen) atoms. The standard InChI is InChI=1S/C33H35NO2P/c35-33(36-25-28-13-5-1-6-14-28)34-23-21-30(22-24-34)27-37(31-17-9-3-10-18-31,32-19-11-4-12-20-32)26-29-15-7-2-8-16-29/h1-20,30H,21-27H2/q+1. The lowest BCUT2D eigenvalue weighted by Gasteiger charge is -2.35. The lowest BCUT2D eigenvalue weighted by atomic mass is 9.99. The molecule has 1 fully saturated rings. The second-order valence-electron chi connectivity index (χ2n) is 9.94. The smallest absolute Gasteiger partial charge is 0.410 e. The topological polar surface area (TPSA) is 29.5 Å². The number of carbonyl (C=O) groups is 1. The predicted octanol–water partition coefficient (Wildman–Crippen LogP) is 6.90. The maximum Gasteiger partial charge on any atom is 0.410 e. The molecule has 0 spiro atoms. The third-order valence-corrected chi connectivity index (χ3v) is 12.1. The van der Waals surface area contributed by atoms with E-state index in [4.69, 9.17) is 4.74 Å². The molecule has 5 rings (SSSR count). The molecule has 1 aliphatic heterocycles. The average Bonchev–Trinajstić information content (AvgIpc) is 2.98. The van der Waals surface area contributed by atoms with E-state index in [9.17, 15) is 4.79 Å². The van der Waals surface area contributed by atoms with E-state index in [1.807, 2.05) is 35.2 Å². The van der Waals surface area contributed by atoms with Crippen LogP contribution in [0, 0.1) is 5.92 Å². The predicted molar refractivity (Wildman–Crippen MR) is 155 cm³/mol. The number of hydrogen-bond acceptors (Lipinski definition) is 2. The molecule has 3 nitrogen and oxygen atoms in total. The van der Waals surface area contributed by atoms with Crippen molar-refractivity contribution in [2.24, 2.45) is 5.92 Å². The Bertz CT molecular complexity index is 1200. The van der Waals surface area contributed by atoms with Gasteiger partial charge >= 0.3 is 6.09 Å². The zero-order valence-corrected chi connectivity index (χ0v) is 22.2. The minimum Gasteiger partial charge on any atom is -0.445 e. The molecule has 1 aliphatic rings. The van der Waals surface area contributed by atoms with Crippen LogP contribution in [0.2, 0.25) is 0 Å². The molecule has 4 aromatic rings. The monoisotopic (exact) mass is 508 g/mol. The number of amides is 1. The molecule has 0 N–H and O–H groups in total. The number of rotatable bonds is 8. The largest absolute Gasteiger partial charge is 0.445 e. The molecule has 0 unspecified atom stereocenters. The van der Waals surface area contributed by atoms with Crippen molar-refractivity contribution < 1.29 is 9.53 Å². The SMILES string of the molecule is O=C(OCc1ccccc1)N1CCC(C[P+](Cc2ccccc2)(c2ccccc2)c2ccccc2)CC1. The van der Waals surface area contributed by atoms with E-state index < -0.39 is 7.26 Å². The number of carbonyl (C=O) groups excluding carboxylic acids is 1. The lowest BCUT2D eigenvalue weighted by Crippen LogP contribution is -2.41. The van der Waals surface area contributed by atoms with Gasteiger partial charge in [-0.2, -0.15) is 0 Å². The quantitative estimate of drug-likeness (QED) is 0.242. The van der Waals surface area contributed by atoms with Crippen LogP contribution in [0.15, 0.2) is 121 Å². The van der Waals surface area contributed by atoms with Crippen molar-refractivity contribution in [3.05, 3.63) is 132 Å². The van der Waals surface area contributed by atoms with E-state index in [1.54, 1.807) is 0 Å². The third-order valence-electron chi connectivity index (χ3n) is 7.44. The first-order valence-electron chi connectivity index (χ1n) is 13.2. The first-order valence-corrected chi connectivity index (χ1v) is 15.4. The highest BCUT2D eigenvalue weighted by Gasteiger charge is 2.45. The summed E-state index contributed by atoms with van der Waals surface area (Å²) in [5, 5.41) is 2.93. The molecule has 0 aliphatic carbocycles. The van der Waals surface area contributed by atoms with E-state index in [2.05, 4.69) is 91.0 Å². The molecule has 4 aromatic carbocycles. The highest BCUT2D eigenvalue weighted by Crippen LogP contribution is 2.61. The number of benzene rings is 4. The second kappa shape index (κ2) is 12.2. The molecule has 0 radical (unpaired) electrons. The highest BCUT2D eigenvalue weighted by molar-refractivity contribution is 7.88. The number of hydrogen-bond donors (Lipinski definition) is 0. The van der Waals surface area contributed by atoms with E-state index in [1.165, 1.54) is 16.2 Å². The summed E-state index contributed by atoms with van der Waals surface area (Å²) in [6.07, 6.45) is 4.04. The van der Waals surface area contributed by atoms with Gasteiger partial charge in [-0.1, -0.05) is 97.1 Å². The van der Waals surface area contributed by atoms with Gasteiger partial charge in [-0.05, 0) is 54.2 Å². The molecule has 0 atom stereocenters. The summed E-state index contributed by atoms with van der Waals surface area (Å²) >= 11 is 0. The molecule has 1 amide bonds. The van der Waals surface area contributed by atoms with Gasteiger partial charge in [-0.15, -0.1) is 0 Å². The van der Waals surface area contributed by atoms with Gasteiger partial charge < -0.3 is 9.64 Å². The molecule has 0 aromatic heterocycles. The minimum atomic E-state index is -1.72. The van der Waals surface area contributed by atoms with Crippen LogP contribution >= 0.6 is 7.26 Å². The Morgan fingerprint density at radius 1 is 0.676 bits per heavy atom. The van der Waals surface area contributed by atoms with Gasteiger partial charge in [0, 0.05) is 13.1 Å². The van der Waals surface area contributed by atoms with Crippen molar-refractivity contribution in [3.8, 4) is 0 Å². The number of nitrogens with zero attached hydrogens (tertiary/aromatic N) is 1. The Balaban J connectivity index is 1.34. The van der Waals surface area contributed by atoms with Gasteiger partial charge in [-0.25, -0.2) is 4.79 Å². The van der Waals surface area contributed by atoms with Crippen LogP contribution in [0.5, 0.6) is 0 Å². The van der Waals surface area contributed by atoms with Crippen molar-refractivity contribution in [2.45, 2.75) is 25.6 Å². The van der Waals surface area contributed by atoms with Gasteiger partial charge in [0.2, 0.25) is 0 Å². The summed E-state index contributed by atoms with van der Waals surface area (Å²) in [5.41, 5.74) is 2.41. The van der Waals surface area contributed by atoms with Crippen LogP contribution in [0.1, 0.15) is 24.0 Å². The Morgan fingerprint density at radius 2 is 1.14 bits per heavy atom. The maximum atomic E-state index is 12.8. The van der Waals surface area contributed by atoms with Gasteiger partial charge in [0.25, 0.3) is 0 Å². The summed E-state index contributed by atoms with van der Waals surface area (Å²) in [6.45, 7) is 1.84. The minimum absolute atomic E-state index is 0.196. The van der Waals surface area contributed by atoms with Crippen molar-refractivity contribution in [1.82, 2.24) is 4.90 Å². The van der Waals surface area contributed by atoms with Gasteiger partial charge in [0.05, 0.1) is 30.2 Å². The van der Waals surface area contributed by atoms with Crippen molar-refractivity contribution in [2.75, 3.05) is 19.3 Å². The second-order valence-corrected chi connectivity index (χ2v) is 13.6. The summed E-state index contributed by atoms with van der Waals surface area (Å²) in [4.78, 5) is 14.6. The van der Waals surface area contributed by atoms with E-state index in [0.29, 0.717) is 12.5 Å². The van der Waals surface area contributed by atoms with Gasteiger partial charge in [0.1, 0.15) is 6.61 Å².